The number of hydrogen-bond acceptors (Lipinski definition) is 4. The molecule has 0 aliphatic carbocycles. The van der Waals surface area contributed by atoms with Crippen LogP contribution in [0.5, 0.6) is 5.75 Å². The third-order valence-corrected chi connectivity index (χ3v) is 3.28. The lowest BCUT2D eigenvalue weighted by Crippen LogP contribution is -2.41. The van der Waals surface area contributed by atoms with Gasteiger partial charge in [-0.05, 0) is 13.0 Å². The van der Waals surface area contributed by atoms with Crippen LogP contribution in [0.15, 0.2) is 12.1 Å². The van der Waals surface area contributed by atoms with Gasteiger partial charge in [-0.25, -0.2) is 4.79 Å². The lowest BCUT2D eigenvalue weighted by molar-refractivity contribution is -0.144. The van der Waals surface area contributed by atoms with Crippen LogP contribution in [0.4, 0.5) is 0 Å². The molecule has 0 heterocycles. The average Bonchev–Trinajstić information content (AvgIpc) is 2.40. The van der Waals surface area contributed by atoms with E-state index < -0.39 is 17.9 Å². The highest BCUT2D eigenvalue weighted by Gasteiger charge is 2.16. The Hall–Kier alpha value is -1.17. The molecule has 0 aliphatic heterocycles. The van der Waals surface area contributed by atoms with Gasteiger partial charge >= 0.3 is 5.97 Å². The van der Waals surface area contributed by atoms with Crippen molar-refractivity contribution in [1.29, 1.82) is 0 Å². The molecule has 5 nitrogen and oxygen atoms in total. The smallest absolute Gasteiger partial charge is 0.328 e. The van der Waals surface area contributed by atoms with Crippen LogP contribution in [0.25, 0.3) is 0 Å². The highest BCUT2D eigenvalue weighted by atomic mass is 35.5. The largest absolute Gasteiger partial charge is 0.482 e. The second-order valence-electron chi connectivity index (χ2n) is 3.80. The third kappa shape index (κ3) is 4.74. The predicted molar refractivity (Wildman–Crippen MR) is 76.6 cm³/mol. The minimum absolute atomic E-state index is 0.224. The first-order valence-corrected chi connectivity index (χ1v) is 6.63. The molecule has 0 fully saturated rings. The van der Waals surface area contributed by atoms with Gasteiger partial charge in [0.25, 0.3) is 5.91 Å². The molecule has 110 valence electrons. The Morgan fingerprint density at radius 1 is 1.20 bits per heavy atom. The van der Waals surface area contributed by atoms with Crippen LogP contribution in [0.3, 0.4) is 0 Å². The van der Waals surface area contributed by atoms with E-state index >= 15 is 0 Å². The Kier molecular flexibility index (Phi) is 6.39. The van der Waals surface area contributed by atoms with E-state index in [-0.39, 0.29) is 27.4 Å². The van der Waals surface area contributed by atoms with Crippen LogP contribution >= 0.6 is 34.8 Å². The number of methoxy groups -OCH3 is 1. The van der Waals surface area contributed by atoms with Gasteiger partial charge in [0.1, 0.15) is 11.8 Å². The number of carbonyl (C=O) groups excluding carboxylic acids is 2. The number of benzene rings is 1. The maximum atomic E-state index is 11.6. The molecule has 8 heteroatoms. The molecular weight excluding hydrogens is 328 g/mol. The van der Waals surface area contributed by atoms with Gasteiger partial charge < -0.3 is 14.8 Å². The normalized spacial score (nSPS) is 11.7. The molecule has 1 aromatic rings. The van der Waals surface area contributed by atoms with Gasteiger partial charge in [-0.1, -0.05) is 34.8 Å². The molecule has 0 aromatic heterocycles. The van der Waals surface area contributed by atoms with Crippen molar-refractivity contribution >= 4 is 46.7 Å². The summed E-state index contributed by atoms with van der Waals surface area (Å²) < 4.78 is 9.69. The van der Waals surface area contributed by atoms with Crippen LogP contribution in [0.1, 0.15) is 6.92 Å². The zero-order valence-electron chi connectivity index (χ0n) is 10.7. The fourth-order valence-electron chi connectivity index (χ4n) is 1.28. The summed E-state index contributed by atoms with van der Waals surface area (Å²) in [5, 5.41) is 3.18. The maximum Gasteiger partial charge on any atom is 0.328 e. The van der Waals surface area contributed by atoms with E-state index in [1.165, 1.54) is 26.2 Å². The van der Waals surface area contributed by atoms with E-state index in [2.05, 4.69) is 10.1 Å². The summed E-state index contributed by atoms with van der Waals surface area (Å²) in [5.41, 5.74) is 0. The van der Waals surface area contributed by atoms with Crippen LogP contribution in [0.2, 0.25) is 15.1 Å². The Balaban J connectivity index is 2.57. The standard InChI is InChI=1S/C12H12Cl3NO4/c1-6(12(18)19-2)16-11(17)5-20-10-4-8(14)7(13)3-9(10)15/h3-4,6H,5H2,1-2H3,(H,16,17)/t6-/m1/s1. The summed E-state index contributed by atoms with van der Waals surface area (Å²) in [4.78, 5) is 22.7. The molecule has 1 aromatic carbocycles. The number of carbonyl (C=O) groups is 2. The Morgan fingerprint density at radius 2 is 1.80 bits per heavy atom. The number of hydrogen-bond donors (Lipinski definition) is 1. The van der Waals surface area contributed by atoms with Crippen molar-refractivity contribution in [3.8, 4) is 5.75 Å². The summed E-state index contributed by atoms with van der Waals surface area (Å²) in [6, 6.07) is 2.05. The van der Waals surface area contributed by atoms with Crippen LogP contribution in [-0.2, 0) is 14.3 Å². The van der Waals surface area contributed by atoms with Crippen LogP contribution in [0, 0.1) is 0 Å². The maximum absolute atomic E-state index is 11.6. The van der Waals surface area contributed by atoms with Gasteiger partial charge in [-0.3, -0.25) is 4.79 Å². The number of ether oxygens (including phenoxy) is 2. The van der Waals surface area contributed by atoms with E-state index in [0.29, 0.717) is 0 Å². The van der Waals surface area contributed by atoms with Crippen molar-refractivity contribution in [1.82, 2.24) is 5.32 Å². The first kappa shape index (κ1) is 16.9. The minimum Gasteiger partial charge on any atom is -0.482 e. The van der Waals surface area contributed by atoms with E-state index in [1.54, 1.807) is 0 Å². The van der Waals surface area contributed by atoms with Crippen molar-refractivity contribution in [3.63, 3.8) is 0 Å². The molecule has 1 N–H and O–H groups in total. The number of esters is 1. The molecule has 1 rings (SSSR count). The summed E-state index contributed by atoms with van der Waals surface area (Å²) in [6.45, 7) is 1.18. The highest BCUT2D eigenvalue weighted by molar-refractivity contribution is 6.43. The minimum atomic E-state index is -0.764. The quantitative estimate of drug-likeness (QED) is 0.661. The molecular formula is C12H12Cl3NO4. The number of halogens is 3. The molecule has 0 bridgehead atoms. The lowest BCUT2D eigenvalue weighted by atomic mass is 10.3. The van der Waals surface area contributed by atoms with Crippen molar-refractivity contribution in [2.24, 2.45) is 0 Å². The zero-order chi connectivity index (χ0) is 15.3. The summed E-state index contributed by atoms with van der Waals surface area (Å²) in [5.74, 6) is -0.821. The van der Waals surface area contributed by atoms with Gasteiger partial charge in [0, 0.05) is 6.07 Å². The molecule has 1 atom stereocenters. The fraction of sp³-hybridized carbons (Fsp3) is 0.333. The third-order valence-electron chi connectivity index (χ3n) is 2.27. The van der Waals surface area contributed by atoms with Crippen molar-refractivity contribution < 1.29 is 19.1 Å². The van der Waals surface area contributed by atoms with Gasteiger partial charge in [0.05, 0.1) is 22.2 Å². The first-order chi connectivity index (χ1) is 9.35. The number of nitrogens with one attached hydrogen (secondary N) is 1. The Bertz CT molecular complexity index is 522. The fourth-order valence-corrected chi connectivity index (χ4v) is 1.87. The Morgan fingerprint density at radius 3 is 2.40 bits per heavy atom. The molecule has 0 saturated heterocycles. The number of amides is 1. The van der Waals surface area contributed by atoms with Gasteiger partial charge in [-0.2, -0.15) is 0 Å². The van der Waals surface area contributed by atoms with Crippen molar-refractivity contribution in [3.05, 3.63) is 27.2 Å². The Labute approximate surface area is 131 Å². The van der Waals surface area contributed by atoms with Gasteiger partial charge in [-0.15, -0.1) is 0 Å². The van der Waals surface area contributed by atoms with Gasteiger partial charge in [0.15, 0.2) is 6.61 Å². The monoisotopic (exact) mass is 339 g/mol. The summed E-state index contributed by atoms with van der Waals surface area (Å²) in [6.07, 6.45) is 0. The molecule has 1 amide bonds. The van der Waals surface area contributed by atoms with E-state index in [9.17, 15) is 9.59 Å². The highest BCUT2D eigenvalue weighted by Crippen LogP contribution is 2.33. The molecule has 0 saturated carbocycles. The molecule has 0 spiro atoms. The topological polar surface area (TPSA) is 64.6 Å². The van der Waals surface area contributed by atoms with Crippen molar-refractivity contribution in [2.75, 3.05) is 13.7 Å². The van der Waals surface area contributed by atoms with E-state index in [4.69, 9.17) is 39.5 Å². The van der Waals surface area contributed by atoms with Crippen LogP contribution in [-0.4, -0.2) is 31.6 Å². The van der Waals surface area contributed by atoms with E-state index in [0.717, 1.165) is 0 Å². The number of rotatable bonds is 5. The van der Waals surface area contributed by atoms with Gasteiger partial charge in [0.2, 0.25) is 0 Å². The SMILES string of the molecule is COC(=O)[C@@H](C)NC(=O)COc1cc(Cl)c(Cl)cc1Cl. The van der Waals surface area contributed by atoms with Crippen molar-refractivity contribution in [2.45, 2.75) is 13.0 Å². The molecule has 20 heavy (non-hydrogen) atoms. The average molecular weight is 341 g/mol. The predicted octanol–water partition coefficient (Wildman–Crippen LogP) is 2.70. The second kappa shape index (κ2) is 7.57. The molecule has 0 radical (unpaired) electrons. The first-order valence-electron chi connectivity index (χ1n) is 5.49. The lowest BCUT2D eigenvalue weighted by Gasteiger charge is -2.13. The summed E-state index contributed by atoms with van der Waals surface area (Å²) in [7, 11) is 1.23. The van der Waals surface area contributed by atoms with Crippen LogP contribution < -0.4 is 10.1 Å². The zero-order valence-corrected chi connectivity index (χ0v) is 13.0. The summed E-state index contributed by atoms with van der Waals surface area (Å²) >= 11 is 17.5. The molecule has 0 aliphatic rings. The van der Waals surface area contributed by atoms with E-state index in [1.807, 2.05) is 0 Å². The molecule has 0 unspecified atom stereocenters. The second-order valence-corrected chi connectivity index (χ2v) is 5.02.